The van der Waals surface area contributed by atoms with Gasteiger partial charge in [-0.1, -0.05) is 23.9 Å². The van der Waals surface area contributed by atoms with Crippen molar-refractivity contribution >= 4 is 50.9 Å². The van der Waals surface area contributed by atoms with E-state index in [1.165, 1.54) is 56.7 Å². The Labute approximate surface area is 227 Å². The molecule has 13 heteroatoms. The number of carbonyl (C=O) groups is 2. The molecule has 3 aromatic carbocycles. The summed E-state index contributed by atoms with van der Waals surface area (Å²) < 4.78 is 42.2. The van der Waals surface area contributed by atoms with E-state index in [1.54, 1.807) is 18.2 Å². The first-order chi connectivity index (χ1) is 18.5. The maximum Gasteiger partial charge on any atom is 0.312 e. The number of nitrogens with one attached hydrogen (secondary N) is 1. The molecule has 1 amide bonds. The number of ether oxygens (including phenoxy) is 3. The Balaban J connectivity index is 1.66. The van der Waals surface area contributed by atoms with Gasteiger partial charge in [-0.2, -0.15) is 0 Å². The Hall–Kier alpha value is -4.36. The quantitative estimate of drug-likeness (QED) is 0.134. The number of esters is 1. The van der Waals surface area contributed by atoms with Crippen LogP contribution in [0.2, 0.25) is 0 Å². The molecule has 0 spiro atoms. The standard InChI is InChI=1S/C26H22N2O9S2/c1-15(29)37-23-10-7-16(11-20(23)28(31)32)12-25-26(30)27-19-9-8-17(13-24(19)38-25)39(33,34)14-18-21(35-2)5-4-6-22(18)36-3/h4-13H,14H2,1-3H3,(H,27,30). The third-order valence-corrected chi connectivity index (χ3v) is 8.32. The topological polar surface area (TPSA) is 151 Å². The van der Waals surface area contributed by atoms with Crippen LogP contribution in [-0.2, 0) is 25.2 Å². The highest BCUT2D eigenvalue weighted by atomic mass is 32.2. The van der Waals surface area contributed by atoms with Crippen LogP contribution in [0.25, 0.3) is 6.08 Å². The van der Waals surface area contributed by atoms with E-state index in [2.05, 4.69) is 5.32 Å². The predicted molar refractivity (Wildman–Crippen MR) is 144 cm³/mol. The number of hydrogen-bond donors (Lipinski definition) is 1. The zero-order valence-corrected chi connectivity index (χ0v) is 22.6. The summed E-state index contributed by atoms with van der Waals surface area (Å²) >= 11 is 1.02. The summed E-state index contributed by atoms with van der Waals surface area (Å²) in [5.74, 6) is -1.03. The third kappa shape index (κ3) is 6.04. The van der Waals surface area contributed by atoms with Crippen molar-refractivity contribution in [1.82, 2.24) is 0 Å². The normalized spacial score (nSPS) is 13.8. The summed E-state index contributed by atoms with van der Waals surface area (Å²) in [5, 5.41) is 14.2. The SMILES string of the molecule is COc1cccc(OC)c1CS(=O)(=O)c1ccc2c(c1)SC(=Cc1ccc(OC(C)=O)c([N+](=O)[O-])c1)C(=O)N2. The smallest absolute Gasteiger partial charge is 0.312 e. The van der Waals surface area contributed by atoms with Crippen LogP contribution in [0.1, 0.15) is 18.1 Å². The lowest BCUT2D eigenvalue weighted by atomic mass is 10.1. The van der Waals surface area contributed by atoms with Gasteiger partial charge in [-0.05, 0) is 48.0 Å². The van der Waals surface area contributed by atoms with E-state index >= 15 is 0 Å². The van der Waals surface area contributed by atoms with Crippen LogP contribution in [0.3, 0.4) is 0 Å². The lowest BCUT2D eigenvalue weighted by Gasteiger charge is -2.20. The molecule has 4 rings (SSSR count). The van der Waals surface area contributed by atoms with Gasteiger partial charge < -0.3 is 19.5 Å². The van der Waals surface area contributed by atoms with Gasteiger partial charge in [0.15, 0.2) is 9.84 Å². The minimum absolute atomic E-state index is 0.0265. The summed E-state index contributed by atoms with van der Waals surface area (Å²) in [5.41, 5.74) is 0.666. The molecule has 3 aromatic rings. The molecule has 0 saturated carbocycles. The van der Waals surface area contributed by atoms with Gasteiger partial charge in [0.25, 0.3) is 5.91 Å². The molecular formula is C26H22N2O9S2. The molecule has 1 N–H and O–H groups in total. The number of nitro groups is 1. The van der Waals surface area contributed by atoms with Crippen LogP contribution in [0, 0.1) is 10.1 Å². The fourth-order valence-electron chi connectivity index (χ4n) is 3.83. The summed E-state index contributed by atoms with van der Waals surface area (Å²) in [6.07, 6.45) is 1.42. The Kier molecular flexibility index (Phi) is 7.93. The zero-order chi connectivity index (χ0) is 28.3. The molecule has 0 fully saturated rings. The molecule has 202 valence electrons. The number of anilines is 1. The fraction of sp³-hybridized carbons (Fsp3) is 0.154. The zero-order valence-electron chi connectivity index (χ0n) is 20.9. The summed E-state index contributed by atoms with van der Waals surface area (Å²) in [6, 6.07) is 13.2. The second-order valence-electron chi connectivity index (χ2n) is 8.20. The van der Waals surface area contributed by atoms with Gasteiger partial charge in [0.2, 0.25) is 5.75 Å². The van der Waals surface area contributed by atoms with Gasteiger partial charge in [0, 0.05) is 17.9 Å². The van der Waals surface area contributed by atoms with Crippen molar-refractivity contribution in [2.24, 2.45) is 0 Å². The van der Waals surface area contributed by atoms with Gasteiger partial charge in [0.05, 0.1) is 45.9 Å². The van der Waals surface area contributed by atoms with Gasteiger partial charge in [-0.25, -0.2) is 8.42 Å². The number of methoxy groups -OCH3 is 2. The maximum absolute atomic E-state index is 13.3. The van der Waals surface area contributed by atoms with Crippen LogP contribution in [-0.4, -0.2) is 39.4 Å². The van der Waals surface area contributed by atoms with E-state index in [-0.39, 0.29) is 21.3 Å². The minimum atomic E-state index is -3.85. The van der Waals surface area contributed by atoms with E-state index in [0.29, 0.717) is 33.2 Å². The molecule has 39 heavy (non-hydrogen) atoms. The van der Waals surface area contributed by atoms with Gasteiger partial charge in [-0.15, -0.1) is 0 Å². The van der Waals surface area contributed by atoms with Gasteiger partial charge in [-0.3, -0.25) is 19.7 Å². The van der Waals surface area contributed by atoms with Gasteiger partial charge in [0.1, 0.15) is 11.5 Å². The number of benzene rings is 3. The molecule has 0 atom stereocenters. The summed E-state index contributed by atoms with van der Waals surface area (Å²) in [4.78, 5) is 35.4. The number of sulfone groups is 1. The molecule has 0 aliphatic carbocycles. The predicted octanol–water partition coefficient (Wildman–Crippen LogP) is 4.60. The first kappa shape index (κ1) is 27.7. The van der Waals surface area contributed by atoms with Crippen molar-refractivity contribution in [1.29, 1.82) is 0 Å². The summed E-state index contributed by atoms with van der Waals surface area (Å²) in [7, 11) is -0.974. The Morgan fingerprint density at radius 1 is 1.05 bits per heavy atom. The average Bonchev–Trinajstić information content (AvgIpc) is 2.89. The van der Waals surface area contributed by atoms with Crippen LogP contribution in [0.4, 0.5) is 11.4 Å². The lowest BCUT2D eigenvalue weighted by Crippen LogP contribution is -2.18. The number of hydrogen-bond acceptors (Lipinski definition) is 10. The molecule has 0 saturated heterocycles. The van der Waals surface area contributed by atoms with Crippen LogP contribution in [0.5, 0.6) is 17.2 Å². The van der Waals surface area contributed by atoms with Crippen LogP contribution in [0.15, 0.2) is 69.3 Å². The molecule has 0 unspecified atom stereocenters. The third-order valence-electron chi connectivity index (χ3n) is 5.60. The number of fused-ring (bicyclic) bond motifs is 1. The van der Waals surface area contributed by atoms with E-state index in [1.807, 2.05) is 0 Å². The lowest BCUT2D eigenvalue weighted by molar-refractivity contribution is -0.385. The van der Waals surface area contributed by atoms with Crippen LogP contribution < -0.4 is 19.5 Å². The highest BCUT2D eigenvalue weighted by Crippen LogP contribution is 2.41. The number of rotatable bonds is 8. The van der Waals surface area contributed by atoms with Crippen molar-refractivity contribution in [3.05, 3.63) is 80.7 Å². The monoisotopic (exact) mass is 570 g/mol. The molecule has 1 aliphatic heterocycles. The number of thioether (sulfide) groups is 1. The second-order valence-corrected chi connectivity index (χ2v) is 11.3. The largest absolute Gasteiger partial charge is 0.496 e. The van der Waals surface area contributed by atoms with Crippen molar-refractivity contribution in [3.63, 3.8) is 0 Å². The summed E-state index contributed by atoms with van der Waals surface area (Å²) in [6.45, 7) is 1.13. The minimum Gasteiger partial charge on any atom is -0.496 e. The van der Waals surface area contributed by atoms with E-state index < -0.39 is 32.3 Å². The molecule has 11 nitrogen and oxygen atoms in total. The average molecular weight is 571 g/mol. The number of amides is 1. The highest BCUT2D eigenvalue weighted by molar-refractivity contribution is 8.04. The number of carbonyl (C=O) groups excluding carboxylic acids is 2. The van der Waals surface area contributed by atoms with Crippen molar-refractivity contribution in [2.45, 2.75) is 22.5 Å². The fourth-order valence-corrected chi connectivity index (χ4v) is 6.30. The molecule has 1 aliphatic rings. The van der Waals surface area contributed by atoms with Crippen LogP contribution >= 0.6 is 11.8 Å². The van der Waals surface area contributed by atoms with Gasteiger partial charge >= 0.3 is 11.7 Å². The van der Waals surface area contributed by atoms with E-state index in [0.717, 1.165) is 18.7 Å². The number of nitro benzene ring substituents is 1. The molecule has 0 radical (unpaired) electrons. The second kappa shape index (κ2) is 11.2. The van der Waals surface area contributed by atoms with Crippen molar-refractivity contribution in [3.8, 4) is 17.2 Å². The Bertz CT molecular complexity index is 1610. The Morgan fingerprint density at radius 3 is 2.36 bits per heavy atom. The molecule has 0 aromatic heterocycles. The van der Waals surface area contributed by atoms with E-state index in [4.69, 9.17) is 14.2 Å². The first-order valence-corrected chi connectivity index (χ1v) is 13.7. The molecule has 0 bridgehead atoms. The molecular weight excluding hydrogens is 548 g/mol. The maximum atomic E-state index is 13.3. The first-order valence-electron chi connectivity index (χ1n) is 11.3. The highest BCUT2D eigenvalue weighted by Gasteiger charge is 2.26. The van der Waals surface area contributed by atoms with Crippen molar-refractivity contribution < 1.29 is 37.1 Å². The Morgan fingerprint density at radius 2 is 1.74 bits per heavy atom. The number of nitrogens with zero attached hydrogens (tertiary/aromatic N) is 1. The molecule has 1 heterocycles. The van der Waals surface area contributed by atoms with E-state index in [9.17, 15) is 28.1 Å². The van der Waals surface area contributed by atoms with Crippen molar-refractivity contribution in [2.75, 3.05) is 19.5 Å².